The third kappa shape index (κ3) is 1.76. The standard InChI is InChI=1S/C13H17NO/c1-13(2,3)12-10-5-4-6-11(15)9(10)7-8-14-12/h4-6,15H,7-8H2,1-3H3. The van der Waals surface area contributed by atoms with E-state index in [-0.39, 0.29) is 5.41 Å². The van der Waals surface area contributed by atoms with Crippen molar-refractivity contribution in [3.8, 4) is 5.75 Å². The topological polar surface area (TPSA) is 32.6 Å². The van der Waals surface area contributed by atoms with Gasteiger partial charge in [0.2, 0.25) is 0 Å². The third-order valence-corrected chi connectivity index (χ3v) is 2.75. The normalized spacial score (nSPS) is 15.8. The summed E-state index contributed by atoms with van der Waals surface area (Å²) in [7, 11) is 0. The van der Waals surface area contributed by atoms with Crippen LogP contribution in [0.5, 0.6) is 5.75 Å². The van der Waals surface area contributed by atoms with Gasteiger partial charge in [0, 0.05) is 28.8 Å². The first kappa shape index (κ1) is 10.2. The van der Waals surface area contributed by atoms with Crippen LogP contribution in [-0.2, 0) is 6.42 Å². The smallest absolute Gasteiger partial charge is 0.119 e. The van der Waals surface area contributed by atoms with Crippen molar-refractivity contribution in [3.63, 3.8) is 0 Å². The molecule has 0 saturated carbocycles. The Labute approximate surface area is 90.7 Å². The van der Waals surface area contributed by atoms with E-state index < -0.39 is 0 Å². The zero-order valence-electron chi connectivity index (χ0n) is 9.54. The molecule has 1 aliphatic heterocycles. The lowest BCUT2D eigenvalue weighted by atomic mass is 9.81. The van der Waals surface area contributed by atoms with E-state index in [1.54, 1.807) is 6.07 Å². The SMILES string of the molecule is CC(C)(C)C1=NCCc2c(O)cccc21. The first-order chi connectivity index (χ1) is 7.00. The molecule has 80 valence electrons. The van der Waals surface area contributed by atoms with Crippen LogP contribution >= 0.6 is 0 Å². The fourth-order valence-corrected chi connectivity index (χ4v) is 2.07. The molecule has 0 saturated heterocycles. The highest BCUT2D eigenvalue weighted by atomic mass is 16.3. The zero-order chi connectivity index (χ0) is 11.1. The highest BCUT2D eigenvalue weighted by molar-refractivity contribution is 6.06. The van der Waals surface area contributed by atoms with Gasteiger partial charge in [-0.2, -0.15) is 0 Å². The first-order valence-electron chi connectivity index (χ1n) is 5.36. The molecule has 0 spiro atoms. The van der Waals surface area contributed by atoms with Gasteiger partial charge in [-0.15, -0.1) is 0 Å². The predicted molar refractivity (Wildman–Crippen MR) is 62.7 cm³/mol. The van der Waals surface area contributed by atoms with Gasteiger partial charge in [-0.3, -0.25) is 4.99 Å². The maximum Gasteiger partial charge on any atom is 0.119 e. The molecule has 0 atom stereocenters. The van der Waals surface area contributed by atoms with E-state index in [0.717, 1.165) is 29.8 Å². The van der Waals surface area contributed by atoms with Crippen LogP contribution < -0.4 is 0 Å². The quantitative estimate of drug-likeness (QED) is 0.691. The number of rotatable bonds is 0. The average Bonchev–Trinajstić information content (AvgIpc) is 2.16. The second-order valence-corrected chi connectivity index (χ2v) is 5.03. The minimum absolute atomic E-state index is 0.0446. The molecule has 0 radical (unpaired) electrons. The van der Waals surface area contributed by atoms with E-state index in [1.165, 1.54) is 0 Å². The van der Waals surface area contributed by atoms with Crippen molar-refractivity contribution in [1.29, 1.82) is 0 Å². The molecule has 0 aliphatic carbocycles. The number of hydrogen-bond donors (Lipinski definition) is 1. The van der Waals surface area contributed by atoms with E-state index >= 15 is 0 Å². The Morgan fingerprint density at radius 1 is 1.27 bits per heavy atom. The van der Waals surface area contributed by atoms with E-state index in [9.17, 15) is 5.11 Å². The largest absolute Gasteiger partial charge is 0.508 e. The number of hydrogen-bond acceptors (Lipinski definition) is 2. The fourth-order valence-electron chi connectivity index (χ4n) is 2.07. The van der Waals surface area contributed by atoms with E-state index in [1.807, 2.05) is 6.07 Å². The first-order valence-corrected chi connectivity index (χ1v) is 5.36. The molecule has 1 aromatic carbocycles. The summed E-state index contributed by atoms with van der Waals surface area (Å²) in [6.07, 6.45) is 0.849. The van der Waals surface area contributed by atoms with E-state index in [0.29, 0.717) is 5.75 Å². The Hall–Kier alpha value is -1.31. The summed E-state index contributed by atoms with van der Waals surface area (Å²) in [5, 5.41) is 9.78. The summed E-state index contributed by atoms with van der Waals surface area (Å²) >= 11 is 0. The lowest BCUT2D eigenvalue weighted by molar-refractivity contribution is 0.467. The van der Waals surface area contributed by atoms with Crippen molar-refractivity contribution in [2.75, 3.05) is 6.54 Å². The molecule has 0 amide bonds. The number of phenolic OH excluding ortho intramolecular Hbond substituents is 1. The molecule has 0 fully saturated rings. The summed E-state index contributed by atoms with van der Waals surface area (Å²) in [4.78, 5) is 4.59. The van der Waals surface area contributed by atoms with Gasteiger partial charge >= 0.3 is 0 Å². The molecule has 1 aliphatic rings. The van der Waals surface area contributed by atoms with Gasteiger partial charge < -0.3 is 5.11 Å². The molecule has 2 heteroatoms. The number of aliphatic imine (C=N–C) groups is 1. The maximum absolute atomic E-state index is 9.78. The molecule has 0 bridgehead atoms. The predicted octanol–water partition coefficient (Wildman–Crippen LogP) is 2.78. The van der Waals surface area contributed by atoms with Gasteiger partial charge in [0.05, 0.1) is 0 Å². The Bertz CT molecular complexity index is 413. The van der Waals surface area contributed by atoms with Crippen molar-refractivity contribution in [1.82, 2.24) is 0 Å². The monoisotopic (exact) mass is 203 g/mol. The summed E-state index contributed by atoms with van der Waals surface area (Å²) in [5.74, 6) is 0.407. The fraction of sp³-hybridized carbons (Fsp3) is 0.462. The van der Waals surface area contributed by atoms with Crippen molar-refractivity contribution < 1.29 is 5.11 Å². The van der Waals surface area contributed by atoms with Crippen LogP contribution in [0.4, 0.5) is 0 Å². The molecule has 0 unspecified atom stereocenters. The van der Waals surface area contributed by atoms with E-state index in [4.69, 9.17) is 0 Å². The summed E-state index contributed by atoms with van der Waals surface area (Å²) < 4.78 is 0. The van der Waals surface area contributed by atoms with Crippen LogP contribution in [0.3, 0.4) is 0 Å². The van der Waals surface area contributed by atoms with Gasteiger partial charge in [-0.05, 0) is 12.5 Å². The second kappa shape index (κ2) is 3.37. The lowest BCUT2D eigenvalue weighted by Crippen LogP contribution is -2.26. The molecular weight excluding hydrogens is 186 g/mol. The molecule has 2 nitrogen and oxygen atoms in total. The minimum Gasteiger partial charge on any atom is -0.508 e. The Kier molecular flexibility index (Phi) is 2.29. The number of benzene rings is 1. The third-order valence-electron chi connectivity index (χ3n) is 2.75. The van der Waals surface area contributed by atoms with Gasteiger partial charge in [0.25, 0.3) is 0 Å². The summed E-state index contributed by atoms with van der Waals surface area (Å²) in [6, 6.07) is 5.70. The number of nitrogens with zero attached hydrogens (tertiary/aromatic N) is 1. The molecule has 0 aromatic heterocycles. The Morgan fingerprint density at radius 3 is 2.67 bits per heavy atom. The van der Waals surface area contributed by atoms with Crippen molar-refractivity contribution >= 4 is 5.71 Å². The summed E-state index contributed by atoms with van der Waals surface area (Å²) in [5.41, 5.74) is 3.33. The molecule has 1 heterocycles. The molecule has 2 rings (SSSR count). The highest BCUT2D eigenvalue weighted by Crippen LogP contribution is 2.31. The van der Waals surface area contributed by atoms with Crippen LogP contribution in [0.1, 0.15) is 31.9 Å². The Balaban J connectivity index is 2.57. The molecule has 15 heavy (non-hydrogen) atoms. The Morgan fingerprint density at radius 2 is 2.00 bits per heavy atom. The van der Waals surface area contributed by atoms with Crippen molar-refractivity contribution in [3.05, 3.63) is 29.3 Å². The van der Waals surface area contributed by atoms with Crippen LogP contribution in [0, 0.1) is 5.41 Å². The average molecular weight is 203 g/mol. The maximum atomic E-state index is 9.78. The molecular formula is C13H17NO. The van der Waals surface area contributed by atoms with Gasteiger partial charge in [0.15, 0.2) is 0 Å². The van der Waals surface area contributed by atoms with Crippen LogP contribution in [0.25, 0.3) is 0 Å². The number of fused-ring (bicyclic) bond motifs is 1. The van der Waals surface area contributed by atoms with Gasteiger partial charge in [-0.1, -0.05) is 32.9 Å². The minimum atomic E-state index is 0.0446. The second-order valence-electron chi connectivity index (χ2n) is 5.03. The van der Waals surface area contributed by atoms with Crippen molar-refractivity contribution in [2.45, 2.75) is 27.2 Å². The molecule has 1 aromatic rings. The lowest BCUT2D eigenvalue weighted by Gasteiger charge is -2.27. The summed E-state index contributed by atoms with van der Waals surface area (Å²) in [6.45, 7) is 7.26. The molecule has 1 N–H and O–H groups in total. The number of aromatic hydroxyl groups is 1. The van der Waals surface area contributed by atoms with Gasteiger partial charge in [-0.25, -0.2) is 0 Å². The van der Waals surface area contributed by atoms with Crippen LogP contribution in [0.15, 0.2) is 23.2 Å². The van der Waals surface area contributed by atoms with Crippen LogP contribution in [-0.4, -0.2) is 17.4 Å². The van der Waals surface area contributed by atoms with Gasteiger partial charge in [0.1, 0.15) is 5.75 Å². The highest BCUT2D eigenvalue weighted by Gasteiger charge is 2.26. The van der Waals surface area contributed by atoms with Crippen molar-refractivity contribution in [2.24, 2.45) is 10.4 Å². The van der Waals surface area contributed by atoms with E-state index in [2.05, 4.69) is 31.8 Å². The zero-order valence-corrected chi connectivity index (χ0v) is 9.54. The van der Waals surface area contributed by atoms with Crippen LogP contribution in [0.2, 0.25) is 0 Å². The number of phenols is 1.